The maximum Gasteiger partial charge on any atom is 1.00 e. The first-order valence-electron chi connectivity index (χ1n) is 11.6. The summed E-state index contributed by atoms with van der Waals surface area (Å²) in [5.74, 6) is -3.98. The number of carboxylic acid groups (broad SMARTS) is 1. The molecule has 42 heavy (non-hydrogen) atoms. The van der Waals surface area contributed by atoms with Gasteiger partial charge >= 0.3 is 29.6 Å². The Morgan fingerprint density at radius 3 is 2.24 bits per heavy atom. The van der Waals surface area contributed by atoms with Crippen LogP contribution in [0.1, 0.15) is 15.9 Å². The van der Waals surface area contributed by atoms with Crippen LogP contribution in [0, 0.1) is 6.92 Å². The molecule has 0 radical (unpaired) electrons. The molecule has 0 aliphatic carbocycles. The molecule has 210 valence electrons. The number of anilines is 2. The monoisotopic (exact) mass is 619 g/mol. The molecule has 6 N–H and O–H groups in total. The van der Waals surface area contributed by atoms with Crippen molar-refractivity contribution in [3.63, 3.8) is 0 Å². The number of carboxylic acids is 1. The average Bonchev–Trinajstić information content (AvgIpc) is 2.92. The van der Waals surface area contributed by atoms with E-state index in [9.17, 15) is 40.2 Å². The number of nitrogens with one attached hydrogen (secondary N) is 1. The van der Waals surface area contributed by atoms with Crippen molar-refractivity contribution in [2.24, 2.45) is 0 Å². The number of rotatable bonds is 4. The Labute approximate surface area is 269 Å². The molecule has 1 aromatic heterocycles. The summed E-state index contributed by atoms with van der Waals surface area (Å²) in [6.45, 7) is 1.84. The van der Waals surface area contributed by atoms with Crippen LogP contribution in [0.5, 0.6) is 28.7 Å². The smallest absolute Gasteiger partial charge is 0.545 e. The van der Waals surface area contributed by atoms with Crippen molar-refractivity contribution in [2.45, 2.75) is 6.92 Å². The molecular formula is C29H20Cl2NNaO9. The van der Waals surface area contributed by atoms with Gasteiger partial charge in [-0.2, -0.15) is 0 Å². The summed E-state index contributed by atoms with van der Waals surface area (Å²) in [5.41, 5.74) is 0.878. The Balaban J connectivity index is 0.000000228. The summed E-state index contributed by atoms with van der Waals surface area (Å²) in [7, 11) is 0. The van der Waals surface area contributed by atoms with Crippen molar-refractivity contribution < 1.29 is 69.4 Å². The number of carbonyl (C=O) groups is 1. The van der Waals surface area contributed by atoms with Crippen molar-refractivity contribution >= 4 is 51.5 Å². The molecule has 0 bridgehead atoms. The Bertz CT molecular complexity index is 1880. The van der Waals surface area contributed by atoms with E-state index in [1.165, 1.54) is 12.1 Å². The number of hydrogen-bond acceptors (Lipinski definition) is 10. The van der Waals surface area contributed by atoms with E-state index in [2.05, 4.69) is 5.32 Å². The number of aromatic hydroxyl groups is 5. The normalized spacial score (nSPS) is 10.4. The second-order valence-corrected chi connectivity index (χ2v) is 9.45. The fraction of sp³-hybridized carbons (Fsp3) is 0.0345. The number of fused-ring (bicyclic) bond motifs is 1. The van der Waals surface area contributed by atoms with Crippen molar-refractivity contribution in [2.75, 3.05) is 5.32 Å². The van der Waals surface area contributed by atoms with Crippen LogP contribution < -0.4 is 45.4 Å². The first-order chi connectivity index (χ1) is 19.4. The van der Waals surface area contributed by atoms with Gasteiger partial charge in [0, 0.05) is 28.9 Å². The van der Waals surface area contributed by atoms with Crippen LogP contribution in [0.25, 0.3) is 22.3 Å². The molecule has 1 heterocycles. The molecule has 0 saturated heterocycles. The quantitative estimate of drug-likeness (QED) is 0.129. The van der Waals surface area contributed by atoms with Crippen LogP contribution in [0.2, 0.25) is 10.0 Å². The molecule has 5 rings (SSSR count). The number of aromatic carboxylic acids is 1. The Morgan fingerprint density at radius 1 is 0.881 bits per heavy atom. The van der Waals surface area contributed by atoms with Crippen LogP contribution in [-0.4, -0.2) is 31.5 Å². The third kappa shape index (κ3) is 6.70. The second kappa shape index (κ2) is 13.3. The summed E-state index contributed by atoms with van der Waals surface area (Å²) in [6.07, 6.45) is 0. The van der Waals surface area contributed by atoms with Gasteiger partial charge < -0.3 is 45.2 Å². The Morgan fingerprint density at radius 2 is 1.57 bits per heavy atom. The van der Waals surface area contributed by atoms with Gasteiger partial charge in [-0.3, -0.25) is 4.79 Å². The fourth-order valence-corrected chi connectivity index (χ4v) is 4.28. The molecule has 0 amide bonds. The van der Waals surface area contributed by atoms with Gasteiger partial charge in [0.15, 0.2) is 17.3 Å². The van der Waals surface area contributed by atoms with Crippen LogP contribution >= 0.6 is 23.2 Å². The average molecular weight is 620 g/mol. The van der Waals surface area contributed by atoms with E-state index in [0.717, 1.165) is 29.8 Å². The summed E-state index contributed by atoms with van der Waals surface area (Å²) in [6, 6.07) is 15.5. The van der Waals surface area contributed by atoms with Crippen molar-refractivity contribution in [3.8, 4) is 40.1 Å². The number of phenolic OH excluding ortho intramolecular Hbond substituents is 4. The number of carbonyl (C=O) groups excluding carboxylic acids is 1. The van der Waals surface area contributed by atoms with Gasteiger partial charge in [-0.25, -0.2) is 0 Å². The fourth-order valence-electron chi connectivity index (χ4n) is 3.81. The maximum atomic E-state index is 12.1. The third-order valence-corrected chi connectivity index (χ3v) is 6.67. The van der Waals surface area contributed by atoms with Gasteiger partial charge in [-0.15, -0.1) is 0 Å². The van der Waals surface area contributed by atoms with Crippen molar-refractivity contribution in [3.05, 3.63) is 98.1 Å². The number of phenols is 4. The number of para-hydroxylation sites is 1. The summed E-state index contributed by atoms with van der Waals surface area (Å²) in [4.78, 5) is 23.2. The minimum atomic E-state index is -1.26. The zero-order valence-electron chi connectivity index (χ0n) is 22.0. The molecule has 5 aromatic rings. The standard InChI is InChI=1S/C15H10O7.C14H11Cl2NO2.Na/c16-7-4-10(19)12-11(5-7)22-15(14(21)13(12)20)6-1-2-8(17)9(18)3-6;1-8-6-7-10(15)13(12(8)16)17-11-5-3-2-4-9(11)14(18)19;/h1-5,16-19,21H;2-7,17H,1H3,(H,18,19);/q;;+1/p-1. The van der Waals surface area contributed by atoms with Gasteiger partial charge in [0.2, 0.25) is 11.2 Å². The molecule has 0 fully saturated rings. The molecule has 0 unspecified atom stereocenters. The molecule has 4 aromatic carbocycles. The van der Waals surface area contributed by atoms with Gasteiger partial charge in [-0.1, -0.05) is 47.5 Å². The second-order valence-electron chi connectivity index (χ2n) is 8.66. The topological polar surface area (TPSA) is 184 Å². The number of hydrogen-bond donors (Lipinski definition) is 6. The molecule has 13 heteroatoms. The number of benzene rings is 4. The van der Waals surface area contributed by atoms with E-state index in [0.29, 0.717) is 21.4 Å². The molecule has 0 spiro atoms. The van der Waals surface area contributed by atoms with Crippen LogP contribution in [0.15, 0.2) is 75.9 Å². The largest absolute Gasteiger partial charge is 1.00 e. The summed E-state index contributed by atoms with van der Waals surface area (Å²) < 4.78 is 5.35. The predicted molar refractivity (Wildman–Crippen MR) is 151 cm³/mol. The Kier molecular flexibility index (Phi) is 10.3. The maximum absolute atomic E-state index is 12.1. The van der Waals surface area contributed by atoms with Gasteiger partial charge in [-0.05, 0) is 42.8 Å². The van der Waals surface area contributed by atoms with E-state index in [1.807, 2.05) is 6.92 Å². The first kappa shape index (κ1) is 32.5. The zero-order chi connectivity index (χ0) is 30.0. The van der Waals surface area contributed by atoms with Gasteiger partial charge in [0.25, 0.3) is 0 Å². The first-order valence-corrected chi connectivity index (χ1v) is 12.4. The molecule has 0 aliphatic heterocycles. The third-order valence-electron chi connectivity index (χ3n) is 5.86. The minimum Gasteiger partial charge on any atom is -0.545 e. The van der Waals surface area contributed by atoms with E-state index < -0.39 is 28.6 Å². The SMILES string of the molecule is Cc1ccc(Cl)c(Nc2ccccc2C(=O)[O-])c1Cl.O=c1c(O)c(-c2ccc(O)c(O)c2)oc2cc(O)cc(O)c12.[Na+]. The molecule has 10 nitrogen and oxygen atoms in total. The van der Waals surface area contributed by atoms with Crippen LogP contribution in [-0.2, 0) is 0 Å². The minimum absolute atomic E-state index is 0. The van der Waals surface area contributed by atoms with Crippen LogP contribution in [0.3, 0.4) is 0 Å². The van der Waals surface area contributed by atoms with Crippen molar-refractivity contribution in [1.82, 2.24) is 0 Å². The van der Waals surface area contributed by atoms with Crippen LogP contribution in [0.4, 0.5) is 11.4 Å². The summed E-state index contributed by atoms with van der Waals surface area (Å²) in [5, 5.41) is 62.5. The van der Waals surface area contributed by atoms with E-state index in [1.54, 1.807) is 30.3 Å². The predicted octanol–water partition coefficient (Wildman–Crippen LogP) is 2.40. The zero-order valence-corrected chi connectivity index (χ0v) is 25.5. The summed E-state index contributed by atoms with van der Waals surface area (Å²) >= 11 is 12.2. The van der Waals surface area contributed by atoms with Gasteiger partial charge in [0.05, 0.1) is 21.7 Å². The Hall–Kier alpha value is -4.06. The number of aryl methyl sites for hydroxylation is 1. The van der Waals surface area contributed by atoms with E-state index in [4.69, 9.17) is 27.6 Å². The van der Waals surface area contributed by atoms with Gasteiger partial charge in [0.1, 0.15) is 22.5 Å². The number of halogens is 2. The molecule has 0 atom stereocenters. The molecule has 0 saturated carbocycles. The van der Waals surface area contributed by atoms with E-state index >= 15 is 0 Å². The molecular weight excluding hydrogens is 600 g/mol. The van der Waals surface area contributed by atoms with E-state index in [-0.39, 0.29) is 68.9 Å². The van der Waals surface area contributed by atoms with Crippen molar-refractivity contribution in [1.29, 1.82) is 0 Å². The molecule has 0 aliphatic rings.